The first-order valence-electron chi connectivity index (χ1n) is 9.68. The summed E-state index contributed by atoms with van der Waals surface area (Å²) in [5, 5.41) is 5.98. The molecule has 1 atom stereocenters. The third kappa shape index (κ3) is 5.64. The maximum atomic E-state index is 13.1. The van der Waals surface area contributed by atoms with Gasteiger partial charge in [0.1, 0.15) is 6.04 Å². The Morgan fingerprint density at radius 3 is 2.38 bits per heavy atom. The predicted molar refractivity (Wildman–Crippen MR) is 112 cm³/mol. The highest BCUT2D eigenvalue weighted by Crippen LogP contribution is 2.38. The summed E-state index contributed by atoms with van der Waals surface area (Å²) in [6, 6.07) is 11.6. The lowest BCUT2D eigenvalue weighted by Gasteiger charge is -2.20. The van der Waals surface area contributed by atoms with E-state index < -0.39 is 6.04 Å². The van der Waals surface area contributed by atoms with Crippen LogP contribution in [0.5, 0.6) is 11.5 Å². The first kappa shape index (κ1) is 21.0. The van der Waals surface area contributed by atoms with Gasteiger partial charge >= 0.3 is 0 Å². The number of carbonyl (C=O) groups is 2. The van der Waals surface area contributed by atoms with Gasteiger partial charge in [0.2, 0.25) is 5.91 Å². The normalized spacial score (nSPS) is 14.1. The van der Waals surface area contributed by atoms with E-state index in [9.17, 15) is 9.59 Å². The van der Waals surface area contributed by atoms with Crippen molar-refractivity contribution >= 4 is 29.1 Å². The van der Waals surface area contributed by atoms with Crippen molar-refractivity contribution < 1.29 is 19.1 Å². The standard InChI is InChI=1S/C22H25ClN2O4/c1-14(2)11-20(26)25-21(15-7-4-3-5-8-15)22(27)24-17-13-19-18(12-16(17)23)28-9-6-10-29-19/h3-5,7-8,12-14,21H,6,9-11H2,1-2H3,(H,24,27)(H,25,26). The molecule has 0 fully saturated rings. The Morgan fingerprint density at radius 1 is 1.07 bits per heavy atom. The number of hydrogen-bond donors (Lipinski definition) is 2. The predicted octanol–water partition coefficient (Wildman–Crippen LogP) is 4.34. The van der Waals surface area contributed by atoms with Gasteiger partial charge in [-0.15, -0.1) is 0 Å². The Kier molecular flexibility index (Phi) is 6.99. The molecule has 0 saturated carbocycles. The molecule has 2 aromatic carbocycles. The average molecular weight is 417 g/mol. The fourth-order valence-electron chi connectivity index (χ4n) is 3.02. The van der Waals surface area contributed by atoms with Crippen LogP contribution in [0.15, 0.2) is 42.5 Å². The van der Waals surface area contributed by atoms with Crippen molar-refractivity contribution in [1.29, 1.82) is 0 Å². The van der Waals surface area contributed by atoms with E-state index in [1.165, 1.54) is 0 Å². The van der Waals surface area contributed by atoms with Gasteiger partial charge in [0.15, 0.2) is 11.5 Å². The number of halogens is 1. The van der Waals surface area contributed by atoms with Gasteiger partial charge in [-0.3, -0.25) is 9.59 Å². The zero-order valence-electron chi connectivity index (χ0n) is 16.5. The molecule has 1 unspecified atom stereocenters. The Hall–Kier alpha value is -2.73. The number of hydrogen-bond acceptors (Lipinski definition) is 4. The van der Waals surface area contributed by atoms with Gasteiger partial charge in [0.25, 0.3) is 5.91 Å². The SMILES string of the molecule is CC(C)CC(=O)NC(C(=O)Nc1cc2c(cc1Cl)OCCCO2)c1ccccc1. The quantitative estimate of drug-likeness (QED) is 0.734. The summed E-state index contributed by atoms with van der Waals surface area (Å²) in [4.78, 5) is 25.4. The van der Waals surface area contributed by atoms with Crippen molar-refractivity contribution in [3.05, 3.63) is 53.1 Å². The van der Waals surface area contributed by atoms with Crippen LogP contribution in [0.3, 0.4) is 0 Å². The monoisotopic (exact) mass is 416 g/mol. The molecule has 0 aliphatic carbocycles. The number of benzene rings is 2. The minimum atomic E-state index is -0.838. The number of fused-ring (bicyclic) bond motifs is 1. The van der Waals surface area contributed by atoms with Crippen LogP contribution in [-0.2, 0) is 9.59 Å². The molecule has 2 N–H and O–H groups in total. The van der Waals surface area contributed by atoms with E-state index in [1.54, 1.807) is 24.3 Å². The Labute approximate surface area is 175 Å². The molecule has 2 aromatic rings. The van der Waals surface area contributed by atoms with E-state index in [-0.39, 0.29) is 17.7 Å². The van der Waals surface area contributed by atoms with Crippen LogP contribution < -0.4 is 20.1 Å². The molecule has 1 aliphatic rings. The second kappa shape index (κ2) is 9.65. The Bertz CT molecular complexity index is 871. The van der Waals surface area contributed by atoms with Gasteiger partial charge in [-0.25, -0.2) is 0 Å². The minimum Gasteiger partial charge on any atom is -0.490 e. The second-order valence-electron chi connectivity index (χ2n) is 7.33. The van der Waals surface area contributed by atoms with Gasteiger partial charge in [0.05, 0.1) is 23.9 Å². The summed E-state index contributed by atoms with van der Waals surface area (Å²) in [5.74, 6) is 0.696. The zero-order valence-corrected chi connectivity index (χ0v) is 17.3. The van der Waals surface area contributed by atoms with Crippen molar-refractivity contribution in [3.8, 4) is 11.5 Å². The molecule has 29 heavy (non-hydrogen) atoms. The van der Waals surface area contributed by atoms with Gasteiger partial charge in [-0.05, 0) is 11.5 Å². The third-order valence-corrected chi connectivity index (χ3v) is 4.70. The molecule has 7 heteroatoms. The molecule has 0 spiro atoms. The Morgan fingerprint density at radius 2 is 1.72 bits per heavy atom. The van der Waals surface area contributed by atoms with Crippen LogP contribution in [0.25, 0.3) is 0 Å². The summed E-state index contributed by atoms with van der Waals surface area (Å²) < 4.78 is 11.3. The van der Waals surface area contributed by atoms with Crippen LogP contribution >= 0.6 is 11.6 Å². The molecule has 154 valence electrons. The minimum absolute atomic E-state index is 0.186. The summed E-state index contributed by atoms with van der Waals surface area (Å²) in [6.07, 6.45) is 1.10. The molecule has 6 nitrogen and oxygen atoms in total. The van der Waals surface area contributed by atoms with Crippen molar-refractivity contribution in [3.63, 3.8) is 0 Å². The number of ether oxygens (including phenoxy) is 2. The molecular formula is C22H25ClN2O4. The molecule has 0 radical (unpaired) electrons. The molecule has 1 heterocycles. The lowest BCUT2D eigenvalue weighted by Crippen LogP contribution is -2.37. The van der Waals surface area contributed by atoms with Crippen molar-refractivity contribution in [2.24, 2.45) is 5.92 Å². The molecule has 0 bridgehead atoms. The smallest absolute Gasteiger partial charge is 0.251 e. The molecule has 1 aliphatic heterocycles. The van der Waals surface area contributed by atoms with E-state index in [0.29, 0.717) is 47.4 Å². The van der Waals surface area contributed by atoms with E-state index in [0.717, 1.165) is 6.42 Å². The van der Waals surface area contributed by atoms with Crippen LogP contribution in [0.4, 0.5) is 5.69 Å². The second-order valence-corrected chi connectivity index (χ2v) is 7.73. The maximum absolute atomic E-state index is 13.1. The highest BCUT2D eigenvalue weighted by Gasteiger charge is 2.24. The van der Waals surface area contributed by atoms with Crippen LogP contribution in [-0.4, -0.2) is 25.0 Å². The average Bonchev–Trinajstić information content (AvgIpc) is 2.91. The first-order chi connectivity index (χ1) is 13.9. The largest absolute Gasteiger partial charge is 0.490 e. The molecule has 0 saturated heterocycles. The lowest BCUT2D eigenvalue weighted by atomic mass is 10.0. The van der Waals surface area contributed by atoms with Crippen molar-refractivity contribution in [2.75, 3.05) is 18.5 Å². The van der Waals surface area contributed by atoms with Crippen LogP contribution in [0, 0.1) is 5.92 Å². The van der Waals surface area contributed by atoms with E-state index in [4.69, 9.17) is 21.1 Å². The van der Waals surface area contributed by atoms with E-state index >= 15 is 0 Å². The van der Waals surface area contributed by atoms with Gasteiger partial charge < -0.3 is 20.1 Å². The summed E-state index contributed by atoms with van der Waals surface area (Å²) in [6.45, 7) is 4.98. The number of nitrogens with one attached hydrogen (secondary N) is 2. The summed E-state index contributed by atoms with van der Waals surface area (Å²) in [7, 11) is 0. The van der Waals surface area contributed by atoms with Crippen LogP contribution in [0.2, 0.25) is 5.02 Å². The van der Waals surface area contributed by atoms with Crippen molar-refractivity contribution in [2.45, 2.75) is 32.7 Å². The molecule has 2 amide bonds. The maximum Gasteiger partial charge on any atom is 0.251 e. The van der Waals surface area contributed by atoms with Crippen LogP contribution in [0.1, 0.15) is 38.3 Å². The lowest BCUT2D eigenvalue weighted by molar-refractivity contribution is -0.127. The highest BCUT2D eigenvalue weighted by atomic mass is 35.5. The van der Waals surface area contributed by atoms with Gasteiger partial charge in [-0.1, -0.05) is 55.8 Å². The molecular weight excluding hydrogens is 392 g/mol. The summed E-state index contributed by atoms with van der Waals surface area (Å²) in [5.41, 5.74) is 1.09. The fourth-order valence-corrected chi connectivity index (χ4v) is 3.22. The van der Waals surface area contributed by atoms with Gasteiger partial charge in [-0.2, -0.15) is 0 Å². The highest BCUT2D eigenvalue weighted by molar-refractivity contribution is 6.34. The van der Waals surface area contributed by atoms with E-state index in [2.05, 4.69) is 10.6 Å². The Balaban J connectivity index is 1.83. The fraction of sp³-hybridized carbons (Fsp3) is 0.364. The topological polar surface area (TPSA) is 76.7 Å². The number of carbonyl (C=O) groups excluding carboxylic acids is 2. The molecule has 3 rings (SSSR count). The van der Waals surface area contributed by atoms with E-state index in [1.807, 2.05) is 32.0 Å². The number of amides is 2. The zero-order chi connectivity index (χ0) is 20.8. The third-order valence-electron chi connectivity index (χ3n) is 4.39. The molecule has 0 aromatic heterocycles. The number of rotatable bonds is 6. The number of anilines is 1. The first-order valence-corrected chi connectivity index (χ1v) is 10.1. The summed E-state index contributed by atoms with van der Waals surface area (Å²) >= 11 is 6.35. The van der Waals surface area contributed by atoms with Gasteiger partial charge in [0, 0.05) is 25.0 Å². The van der Waals surface area contributed by atoms with Crippen molar-refractivity contribution in [1.82, 2.24) is 5.32 Å².